The third-order valence-corrected chi connectivity index (χ3v) is 14.7. The summed E-state index contributed by atoms with van der Waals surface area (Å²) in [6.07, 6.45) is 66.7. The zero-order valence-corrected chi connectivity index (χ0v) is 45.7. The molecule has 2 atom stereocenters. The summed E-state index contributed by atoms with van der Waals surface area (Å²) in [5.41, 5.74) is 0. The maximum Gasteiger partial charge on any atom is 0.305 e. The Morgan fingerprint density at radius 1 is 0.358 bits per heavy atom. The number of carbonyl (C=O) groups excluding carboxylic acids is 2. The molecule has 0 saturated heterocycles. The number of rotatable bonds is 58. The Kier molecular flexibility index (Phi) is 56.5. The maximum atomic E-state index is 12.5. The Morgan fingerprint density at radius 3 is 0.910 bits per heavy atom. The van der Waals surface area contributed by atoms with E-state index in [0.717, 1.165) is 38.5 Å². The van der Waals surface area contributed by atoms with Crippen LogP contribution in [0.2, 0.25) is 0 Å². The van der Waals surface area contributed by atoms with Gasteiger partial charge in [0.05, 0.1) is 25.4 Å². The van der Waals surface area contributed by atoms with Gasteiger partial charge in [0.15, 0.2) is 0 Å². The largest absolute Gasteiger partial charge is 0.466 e. The fraction of sp³-hybridized carbons (Fsp3) is 0.967. The van der Waals surface area contributed by atoms with E-state index in [-0.39, 0.29) is 18.5 Å². The van der Waals surface area contributed by atoms with Gasteiger partial charge >= 0.3 is 5.97 Å². The molecular weight excluding hydrogens is 827 g/mol. The van der Waals surface area contributed by atoms with Gasteiger partial charge in [0.2, 0.25) is 5.91 Å². The third kappa shape index (κ3) is 54.0. The van der Waals surface area contributed by atoms with Gasteiger partial charge in [-0.1, -0.05) is 316 Å². The van der Waals surface area contributed by atoms with E-state index in [1.807, 2.05) is 0 Å². The Balaban J connectivity index is 3.39. The van der Waals surface area contributed by atoms with Crippen LogP contribution in [0.25, 0.3) is 0 Å². The Morgan fingerprint density at radius 2 is 0.612 bits per heavy atom. The molecule has 6 heteroatoms. The standard InChI is InChI=1S/C61H121NO5/c1-3-5-7-9-11-13-15-17-19-20-22-26-29-33-37-41-45-49-53-59(64)58(57-63)62-60(65)54-50-46-42-38-34-30-27-23-21-24-28-32-36-40-44-48-52-56-67-61(66)55-51-47-43-39-35-31-25-18-16-14-12-10-8-6-4-2/h58-59,63-64H,3-57H2,1-2H3,(H,62,65). The van der Waals surface area contributed by atoms with Gasteiger partial charge in [-0.3, -0.25) is 9.59 Å². The van der Waals surface area contributed by atoms with Crippen molar-refractivity contribution < 1.29 is 24.5 Å². The molecule has 2 unspecified atom stereocenters. The van der Waals surface area contributed by atoms with Crippen LogP contribution in [0.3, 0.4) is 0 Å². The SMILES string of the molecule is CCCCCCCCCCCCCCCCCCCCC(O)C(CO)NC(=O)CCCCCCCCCCCCCCCCCCCOC(=O)CCCCCCCCCCCCCCCCC. The topological polar surface area (TPSA) is 95.9 Å². The van der Waals surface area contributed by atoms with Gasteiger partial charge < -0.3 is 20.3 Å². The van der Waals surface area contributed by atoms with E-state index in [1.54, 1.807) is 0 Å². The molecule has 0 heterocycles. The van der Waals surface area contributed by atoms with Crippen molar-refractivity contribution in [3.63, 3.8) is 0 Å². The summed E-state index contributed by atoms with van der Waals surface area (Å²) in [4.78, 5) is 24.6. The highest BCUT2D eigenvalue weighted by molar-refractivity contribution is 5.76. The predicted molar refractivity (Wildman–Crippen MR) is 292 cm³/mol. The maximum absolute atomic E-state index is 12.5. The average molecular weight is 949 g/mol. The van der Waals surface area contributed by atoms with Crippen molar-refractivity contribution in [2.45, 2.75) is 366 Å². The van der Waals surface area contributed by atoms with E-state index >= 15 is 0 Å². The number of esters is 1. The van der Waals surface area contributed by atoms with Crippen molar-refractivity contribution in [2.75, 3.05) is 13.2 Å². The van der Waals surface area contributed by atoms with E-state index in [2.05, 4.69) is 19.2 Å². The molecule has 0 aliphatic rings. The first-order valence-electron chi connectivity index (χ1n) is 30.8. The summed E-state index contributed by atoms with van der Waals surface area (Å²) < 4.78 is 5.49. The molecule has 67 heavy (non-hydrogen) atoms. The lowest BCUT2D eigenvalue weighted by Crippen LogP contribution is -2.45. The zero-order valence-electron chi connectivity index (χ0n) is 45.7. The number of aliphatic hydroxyl groups excluding tert-OH is 2. The second kappa shape index (κ2) is 57.4. The number of carbonyl (C=O) groups is 2. The first kappa shape index (κ1) is 65.9. The van der Waals surface area contributed by atoms with Crippen LogP contribution in [0, 0.1) is 0 Å². The molecule has 400 valence electrons. The molecule has 3 N–H and O–H groups in total. The van der Waals surface area contributed by atoms with E-state index in [0.29, 0.717) is 25.9 Å². The van der Waals surface area contributed by atoms with Gasteiger partial charge in [0.25, 0.3) is 0 Å². The number of hydrogen-bond donors (Lipinski definition) is 3. The highest BCUT2D eigenvalue weighted by atomic mass is 16.5. The summed E-state index contributed by atoms with van der Waals surface area (Å²) in [7, 11) is 0. The van der Waals surface area contributed by atoms with E-state index in [4.69, 9.17) is 4.74 Å². The fourth-order valence-electron chi connectivity index (χ4n) is 9.94. The molecule has 0 aliphatic heterocycles. The molecule has 0 radical (unpaired) electrons. The molecule has 0 aromatic carbocycles. The third-order valence-electron chi connectivity index (χ3n) is 14.7. The van der Waals surface area contributed by atoms with E-state index < -0.39 is 12.1 Å². The number of unbranched alkanes of at least 4 members (excludes halogenated alkanes) is 47. The van der Waals surface area contributed by atoms with Crippen LogP contribution in [0.5, 0.6) is 0 Å². The highest BCUT2D eigenvalue weighted by Crippen LogP contribution is 2.18. The summed E-state index contributed by atoms with van der Waals surface area (Å²) in [5.74, 6) is -0.0266. The number of hydrogen-bond acceptors (Lipinski definition) is 5. The first-order chi connectivity index (χ1) is 33.0. The molecule has 1 amide bonds. The van der Waals surface area contributed by atoms with Crippen molar-refractivity contribution in [1.29, 1.82) is 0 Å². The van der Waals surface area contributed by atoms with Gasteiger partial charge in [-0.25, -0.2) is 0 Å². The first-order valence-corrected chi connectivity index (χ1v) is 30.8. The molecule has 6 nitrogen and oxygen atoms in total. The van der Waals surface area contributed by atoms with Crippen molar-refractivity contribution in [2.24, 2.45) is 0 Å². The summed E-state index contributed by atoms with van der Waals surface area (Å²) in [6, 6.07) is -0.544. The Hall–Kier alpha value is -1.14. The van der Waals surface area contributed by atoms with E-state index in [9.17, 15) is 19.8 Å². The van der Waals surface area contributed by atoms with Crippen LogP contribution >= 0.6 is 0 Å². The monoisotopic (exact) mass is 948 g/mol. The van der Waals surface area contributed by atoms with Gasteiger partial charge in [-0.15, -0.1) is 0 Å². The van der Waals surface area contributed by atoms with Gasteiger partial charge in [0, 0.05) is 12.8 Å². The molecule has 0 aliphatic carbocycles. The van der Waals surface area contributed by atoms with Crippen molar-refractivity contribution in [3.05, 3.63) is 0 Å². The molecule has 0 saturated carbocycles. The summed E-state index contributed by atoms with van der Waals surface area (Å²) in [5, 5.41) is 23.3. The second-order valence-corrected chi connectivity index (χ2v) is 21.4. The number of nitrogens with one attached hydrogen (secondary N) is 1. The highest BCUT2D eigenvalue weighted by Gasteiger charge is 2.20. The lowest BCUT2D eigenvalue weighted by atomic mass is 10.0. The van der Waals surface area contributed by atoms with Gasteiger partial charge in [-0.2, -0.15) is 0 Å². The molecule has 0 aromatic heterocycles. The van der Waals surface area contributed by atoms with Crippen molar-refractivity contribution in [1.82, 2.24) is 5.32 Å². The Bertz CT molecular complexity index is 959. The zero-order chi connectivity index (χ0) is 48.6. The van der Waals surface area contributed by atoms with Crippen molar-refractivity contribution >= 4 is 11.9 Å². The molecule has 0 fully saturated rings. The molecule has 0 aromatic rings. The van der Waals surface area contributed by atoms with Crippen LogP contribution in [-0.2, 0) is 14.3 Å². The summed E-state index contributed by atoms with van der Waals surface area (Å²) in [6.45, 7) is 4.98. The predicted octanol–water partition coefficient (Wildman–Crippen LogP) is 19.1. The number of aliphatic hydroxyl groups is 2. The minimum atomic E-state index is -0.667. The quantitative estimate of drug-likeness (QED) is 0.0417. The number of amides is 1. The lowest BCUT2D eigenvalue weighted by molar-refractivity contribution is -0.143. The van der Waals surface area contributed by atoms with Crippen LogP contribution in [-0.4, -0.2) is 47.4 Å². The molecular formula is C61H121NO5. The van der Waals surface area contributed by atoms with Gasteiger partial charge in [-0.05, 0) is 25.7 Å². The second-order valence-electron chi connectivity index (χ2n) is 21.4. The normalized spacial score (nSPS) is 12.5. The smallest absolute Gasteiger partial charge is 0.305 e. The minimum Gasteiger partial charge on any atom is -0.466 e. The van der Waals surface area contributed by atoms with Crippen LogP contribution in [0.4, 0.5) is 0 Å². The Labute approximate surface area is 419 Å². The molecule has 0 rings (SSSR count). The van der Waals surface area contributed by atoms with E-state index in [1.165, 1.54) is 283 Å². The summed E-state index contributed by atoms with van der Waals surface area (Å²) >= 11 is 0. The van der Waals surface area contributed by atoms with Crippen LogP contribution in [0.15, 0.2) is 0 Å². The molecule has 0 spiro atoms. The fourth-order valence-corrected chi connectivity index (χ4v) is 9.94. The average Bonchev–Trinajstić information content (AvgIpc) is 3.33. The van der Waals surface area contributed by atoms with Crippen molar-refractivity contribution in [3.8, 4) is 0 Å². The van der Waals surface area contributed by atoms with Crippen LogP contribution in [0.1, 0.15) is 354 Å². The lowest BCUT2D eigenvalue weighted by Gasteiger charge is -2.22. The van der Waals surface area contributed by atoms with Crippen LogP contribution < -0.4 is 5.32 Å². The number of ether oxygens (including phenoxy) is 1. The minimum absolute atomic E-state index is 0.00954. The van der Waals surface area contributed by atoms with Gasteiger partial charge in [0.1, 0.15) is 0 Å². The molecule has 0 bridgehead atoms.